The lowest BCUT2D eigenvalue weighted by Crippen LogP contribution is -2.50. The van der Waals surface area contributed by atoms with E-state index in [-0.39, 0.29) is 18.3 Å². The smallest absolute Gasteiger partial charge is 0.232 e. The van der Waals surface area contributed by atoms with E-state index in [1.165, 1.54) is 0 Å². The van der Waals surface area contributed by atoms with Crippen LogP contribution in [0.3, 0.4) is 0 Å². The molecule has 2 saturated heterocycles. The van der Waals surface area contributed by atoms with Crippen molar-refractivity contribution in [1.82, 2.24) is 15.1 Å². The highest BCUT2D eigenvalue weighted by Crippen LogP contribution is 2.34. The lowest BCUT2D eigenvalue weighted by molar-refractivity contribution is -0.135. The van der Waals surface area contributed by atoms with Gasteiger partial charge in [0.05, 0.1) is 12.5 Å². The van der Waals surface area contributed by atoms with Crippen LogP contribution in [-0.4, -0.2) is 68.1 Å². The van der Waals surface area contributed by atoms with Crippen molar-refractivity contribution in [3.8, 4) is 5.75 Å². The molecule has 1 amide bonds. The molecule has 0 bridgehead atoms. The molecule has 2 aliphatic rings. The van der Waals surface area contributed by atoms with Gasteiger partial charge < -0.3 is 15.0 Å². The second-order valence-electron chi connectivity index (χ2n) is 7.30. The van der Waals surface area contributed by atoms with Crippen molar-refractivity contribution in [2.24, 2.45) is 0 Å². The third-order valence-electron chi connectivity index (χ3n) is 5.43. The number of methoxy groups -OCH3 is 1. The Labute approximate surface area is 157 Å². The average Bonchev–Trinajstić information content (AvgIpc) is 3.11. The van der Waals surface area contributed by atoms with Crippen LogP contribution in [-0.2, 0) is 10.2 Å². The molecule has 140 valence electrons. The van der Waals surface area contributed by atoms with Gasteiger partial charge in [-0.25, -0.2) is 0 Å². The summed E-state index contributed by atoms with van der Waals surface area (Å²) in [6.07, 6.45) is 1.08. The summed E-state index contributed by atoms with van der Waals surface area (Å²) < 4.78 is 5.47. The molecule has 2 fully saturated rings. The van der Waals surface area contributed by atoms with Gasteiger partial charge in [0, 0.05) is 50.9 Å². The van der Waals surface area contributed by atoms with E-state index in [2.05, 4.69) is 10.2 Å². The number of benzene rings is 1. The molecule has 0 saturated carbocycles. The number of ether oxygens (including phenoxy) is 1. The Morgan fingerprint density at radius 1 is 1.20 bits per heavy atom. The fourth-order valence-corrected chi connectivity index (χ4v) is 3.94. The molecule has 0 radical (unpaired) electrons. The summed E-state index contributed by atoms with van der Waals surface area (Å²) in [5, 5.41) is 3.39. The van der Waals surface area contributed by atoms with Gasteiger partial charge in [0.1, 0.15) is 5.75 Å². The van der Waals surface area contributed by atoms with E-state index in [0.717, 1.165) is 57.0 Å². The zero-order valence-corrected chi connectivity index (χ0v) is 16.3. The van der Waals surface area contributed by atoms with E-state index < -0.39 is 5.41 Å². The minimum atomic E-state index is -0.578. The van der Waals surface area contributed by atoms with Crippen LogP contribution in [0.4, 0.5) is 0 Å². The number of nitrogens with one attached hydrogen (secondary N) is 1. The molecule has 2 heterocycles. The number of likely N-dealkylation sites (tertiary alicyclic amines) is 1. The van der Waals surface area contributed by atoms with E-state index in [0.29, 0.717) is 6.04 Å². The Balaban J connectivity index is 0.00000225. The molecular formula is C19H30ClN3O2. The maximum Gasteiger partial charge on any atom is 0.232 e. The number of hydrogen-bond donors (Lipinski definition) is 1. The summed E-state index contributed by atoms with van der Waals surface area (Å²) in [5.74, 6) is 0.985. The average molecular weight is 368 g/mol. The Bertz CT molecular complexity index is 588. The molecule has 1 aromatic rings. The fraction of sp³-hybridized carbons (Fsp3) is 0.632. The molecule has 1 aromatic carbocycles. The van der Waals surface area contributed by atoms with Crippen LogP contribution in [0, 0.1) is 0 Å². The molecule has 0 aromatic heterocycles. The van der Waals surface area contributed by atoms with Crippen LogP contribution in [0.5, 0.6) is 5.75 Å². The predicted octanol–water partition coefficient (Wildman–Crippen LogP) is 1.90. The number of piperazine rings is 1. The number of para-hydroxylation sites is 1. The number of rotatable bonds is 4. The van der Waals surface area contributed by atoms with Gasteiger partial charge in [0.15, 0.2) is 0 Å². The zero-order valence-electron chi connectivity index (χ0n) is 15.5. The fourth-order valence-electron chi connectivity index (χ4n) is 3.94. The Morgan fingerprint density at radius 2 is 1.88 bits per heavy atom. The van der Waals surface area contributed by atoms with Crippen LogP contribution in [0.1, 0.15) is 25.8 Å². The Kier molecular flexibility index (Phi) is 6.72. The van der Waals surface area contributed by atoms with E-state index in [9.17, 15) is 4.79 Å². The van der Waals surface area contributed by atoms with Gasteiger partial charge in [0.25, 0.3) is 0 Å². The van der Waals surface area contributed by atoms with Crippen molar-refractivity contribution in [2.45, 2.75) is 31.7 Å². The van der Waals surface area contributed by atoms with Crippen LogP contribution in [0.15, 0.2) is 24.3 Å². The van der Waals surface area contributed by atoms with Gasteiger partial charge >= 0.3 is 0 Å². The second-order valence-corrected chi connectivity index (χ2v) is 7.30. The van der Waals surface area contributed by atoms with E-state index in [1.807, 2.05) is 43.0 Å². The van der Waals surface area contributed by atoms with Crippen LogP contribution in [0.2, 0.25) is 0 Å². The maximum absolute atomic E-state index is 13.2. The van der Waals surface area contributed by atoms with Gasteiger partial charge in [-0.15, -0.1) is 12.4 Å². The van der Waals surface area contributed by atoms with Gasteiger partial charge in [-0.05, 0) is 26.3 Å². The first kappa shape index (κ1) is 20.0. The van der Waals surface area contributed by atoms with Crippen molar-refractivity contribution in [3.63, 3.8) is 0 Å². The molecule has 6 heteroatoms. The first-order valence-electron chi connectivity index (χ1n) is 8.91. The predicted molar refractivity (Wildman–Crippen MR) is 103 cm³/mol. The monoisotopic (exact) mass is 367 g/mol. The normalized spacial score (nSPS) is 21.7. The summed E-state index contributed by atoms with van der Waals surface area (Å²) in [7, 11) is 1.66. The molecule has 2 aliphatic heterocycles. The number of amides is 1. The van der Waals surface area contributed by atoms with Crippen molar-refractivity contribution in [1.29, 1.82) is 0 Å². The molecule has 5 nitrogen and oxygen atoms in total. The summed E-state index contributed by atoms with van der Waals surface area (Å²) in [5.41, 5.74) is 0.383. The molecule has 25 heavy (non-hydrogen) atoms. The largest absolute Gasteiger partial charge is 0.496 e. The van der Waals surface area contributed by atoms with Gasteiger partial charge in [-0.1, -0.05) is 18.2 Å². The molecule has 1 N–H and O–H groups in total. The summed E-state index contributed by atoms with van der Waals surface area (Å²) in [6.45, 7) is 9.99. The number of carbonyl (C=O) groups excluding carboxylic acids is 1. The van der Waals surface area contributed by atoms with Gasteiger partial charge in [-0.2, -0.15) is 0 Å². The minimum absolute atomic E-state index is 0. The zero-order chi connectivity index (χ0) is 17.2. The van der Waals surface area contributed by atoms with Crippen LogP contribution < -0.4 is 10.1 Å². The topological polar surface area (TPSA) is 44.8 Å². The van der Waals surface area contributed by atoms with E-state index in [1.54, 1.807) is 7.11 Å². The van der Waals surface area contributed by atoms with Crippen molar-refractivity contribution in [3.05, 3.63) is 29.8 Å². The van der Waals surface area contributed by atoms with Gasteiger partial charge in [0.2, 0.25) is 5.91 Å². The molecule has 0 spiro atoms. The van der Waals surface area contributed by atoms with Crippen molar-refractivity contribution in [2.75, 3.05) is 46.4 Å². The quantitative estimate of drug-likeness (QED) is 0.882. The molecule has 3 rings (SSSR count). The van der Waals surface area contributed by atoms with Gasteiger partial charge in [-0.3, -0.25) is 9.69 Å². The first-order chi connectivity index (χ1) is 11.5. The lowest BCUT2D eigenvalue weighted by Gasteiger charge is -2.34. The van der Waals surface area contributed by atoms with Crippen LogP contribution in [0.25, 0.3) is 0 Å². The third kappa shape index (κ3) is 4.10. The van der Waals surface area contributed by atoms with Crippen LogP contribution >= 0.6 is 12.4 Å². The summed E-state index contributed by atoms with van der Waals surface area (Å²) >= 11 is 0. The highest BCUT2D eigenvalue weighted by molar-refractivity contribution is 5.88. The lowest BCUT2D eigenvalue weighted by atomic mass is 9.82. The Hall–Kier alpha value is -1.30. The standard InChI is InChI=1S/C19H29N3O2.ClH/c1-19(2,16-6-4-5-7-17(16)24-3)18(23)22-11-8-15(14-22)21-12-9-20-10-13-21;/h4-7,15,20H,8-14H2,1-3H3;1H. The van der Waals surface area contributed by atoms with E-state index >= 15 is 0 Å². The van der Waals surface area contributed by atoms with Crippen molar-refractivity contribution < 1.29 is 9.53 Å². The molecular weight excluding hydrogens is 338 g/mol. The first-order valence-corrected chi connectivity index (χ1v) is 8.91. The number of halogens is 1. The molecule has 1 atom stereocenters. The minimum Gasteiger partial charge on any atom is -0.496 e. The Morgan fingerprint density at radius 3 is 2.56 bits per heavy atom. The molecule has 0 aliphatic carbocycles. The SMILES string of the molecule is COc1ccccc1C(C)(C)C(=O)N1CCC(N2CCNCC2)C1.Cl. The van der Waals surface area contributed by atoms with E-state index in [4.69, 9.17) is 4.74 Å². The maximum atomic E-state index is 13.2. The highest BCUT2D eigenvalue weighted by atomic mass is 35.5. The number of nitrogens with zero attached hydrogens (tertiary/aromatic N) is 2. The summed E-state index contributed by atoms with van der Waals surface area (Å²) in [6, 6.07) is 8.35. The highest BCUT2D eigenvalue weighted by Gasteiger charge is 2.39. The summed E-state index contributed by atoms with van der Waals surface area (Å²) in [4.78, 5) is 17.8. The van der Waals surface area contributed by atoms with Crippen molar-refractivity contribution >= 4 is 18.3 Å². The second kappa shape index (κ2) is 8.39. The number of carbonyl (C=O) groups is 1. The molecule has 1 unspecified atom stereocenters. The third-order valence-corrected chi connectivity index (χ3v) is 5.43. The number of hydrogen-bond acceptors (Lipinski definition) is 4.